The van der Waals surface area contributed by atoms with Crippen LogP contribution in [0.25, 0.3) is 0 Å². The topological polar surface area (TPSA) is 68.3 Å². The molecule has 1 amide bonds. The van der Waals surface area contributed by atoms with Gasteiger partial charge in [0.05, 0.1) is 24.3 Å². The first-order valence-electron chi connectivity index (χ1n) is 13.1. The lowest BCUT2D eigenvalue weighted by Crippen LogP contribution is -2.56. The molecule has 0 spiro atoms. The monoisotopic (exact) mass is 516 g/mol. The van der Waals surface area contributed by atoms with Gasteiger partial charge in [0.25, 0.3) is 0 Å². The molecule has 7 heteroatoms. The molecular weight excluding hydrogens is 480 g/mol. The fourth-order valence-electron chi connectivity index (χ4n) is 4.90. The van der Waals surface area contributed by atoms with Crippen LogP contribution in [-0.2, 0) is 27.4 Å². The summed E-state index contributed by atoms with van der Waals surface area (Å²) in [6.07, 6.45) is 0.0794. The maximum atomic E-state index is 13.4. The van der Waals surface area contributed by atoms with Crippen molar-refractivity contribution >= 4 is 17.7 Å². The van der Waals surface area contributed by atoms with E-state index in [0.29, 0.717) is 38.2 Å². The van der Waals surface area contributed by atoms with E-state index < -0.39 is 0 Å². The Morgan fingerprint density at radius 2 is 1.63 bits per heavy atom. The van der Waals surface area contributed by atoms with Gasteiger partial charge in [-0.25, -0.2) is 9.59 Å². The standard InChI is InChI=1S/C31H36N2O5/c1-4-37-30(34)26-17-23(2)18-27(19-26)32-16-15-28(29(21-32)36-3)33(20-24-11-7-5-8-12-24)31(35)38-22-25-13-9-6-10-14-25/h5-14,17-19,28-29H,4,15-16,20-22H2,1-3H3/t28-,29+/m1/s1. The fourth-order valence-corrected chi connectivity index (χ4v) is 4.90. The molecule has 0 N–H and O–H groups in total. The highest BCUT2D eigenvalue weighted by Crippen LogP contribution is 2.28. The number of carbonyl (C=O) groups is 2. The number of hydrogen-bond donors (Lipinski definition) is 0. The molecule has 1 heterocycles. The third kappa shape index (κ3) is 6.92. The summed E-state index contributed by atoms with van der Waals surface area (Å²) in [6, 6.07) is 25.2. The van der Waals surface area contributed by atoms with Gasteiger partial charge in [-0.3, -0.25) is 4.90 Å². The smallest absolute Gasteiger partial charge is 0.410 e. The van der Waals surface area contributed by atoms with E-state index in [1.807, 2.05) is 79.7 Å². The molecule has 4 rings (SSSR count). The summed E-state index contributed by atoms with van der Waals surface area (Å²) in [4.78, 5) is 29.8. The van der Waals surface area contributed by atoms with Crippen molar-refractivity contribution in [3.63, 3.8) is 0 Å². The number of aryl methyl sites for hydroxylation is 1. The molecule has 0 aliphatic carbocycles. The minimum absolute atomic E-state index is 0.172. The molecule has 1 aliphatic rings. The van der Waals surface area contributed by atoms with E-state index in [9.17, 15) is 9.59 Å². The molecular formula is C31H36N2O5. The Kier molecular flexibility index (Phi) is 9.38. The highest BCUT2D eigenvalue weighted by molar-refractivity contribution is 5.91. The van der Waals surface area contributed by atoms with Gasteiger partial charge in [-0.1, -0.05) is 60.7 Å². The molecule has 1 saturated heterocycles. The zero-order valence-electron chi connectivity index (χ0n) is 22.3. The lowest BCUT2D eigenvalue weighted by molar-refractivity contribution is -0.00331. The van der Waals surface area contributed by atoms with E-state index in [1.165, 1.54) is 0 Å². The van der Waals surface area contributed by atoms with Crippen LogP contribution in [0.15, 0.2) is 78.9 Å². The van der Waals surface area contributed by atoms with Gasteiger partial charge in [-0.05, 0) is 55.2 Å². The summed E-state index contributed by atoms with van der Waals surface area (Å²) >= 11 is 0. The first-order valence-corrected chi connectivity index (χ1v) is 13.1. The van der Waals surface area contributed by atoms with Crippen LogP contribution in [0.2, 0.25) is 0 Å². The molecule has 1 fully saturated rings. The first kappa shape index (κ1) is 27.2. The number of hydrogen-bond acceptors (Lipinski definition) is 6. The van der Waals surface area contributed by atoms with Gasteiger partial charge >= 0.3 is 12.1 Å². The number of esters is 1. The van der Waals surface area contributed by atoms with Gasteiger partial charge in [0, 0.05) is 32.4 Å². The number of nitrogens with zero attached hydrogens (tertiary/aromatic N) is 2. The van der Waals surface area contributed by atoms with E-state index in [2.05, 4.69) is 11.0 Å². The average Bonchev–Trinajstić information content (AvgIpc) is 2.95. The zero-order valence-corrected chi connectivity index (χ0v) is 22.3. The molecule has 0 bridgehead atoms. The Morgan fingerprint density at radius 3 is 2.29 bits per heavy atom. The Hall–Kier alpha value is -3.84. The third-order valence-electron chi connectivity index (χ3n) is 6.80. The summed E-state index contributed by atoms with van der Waals surface area (Å²) in [5.41, 5.74) is 4.43. The van der Waals surface area contributed by atoms with Gasteiger partial charge in [0.15, 0.2) is 0 Å². The quantitative estimate of drug-likeness (QED) is 0.345. The maximum absolute atomic E-state index is 13.4. The van der Waals surface area contributed by atoms with Crippen molar-refractivity contribution in [3.8, 4) is 0 Å². The van der Waals surface area contributed by atoms with Crippen molar-refractivity contribution in [2.24, 2.45) is 0 Å². The summed E-state index contributed by atoms with van der Waals surface area (Å²) in [5.74, 6) is -0.328. The summed E-state index contributed by atoms with van der Waals surface area (Å²) < 4.78 is 16.9. The van der Waals surface area contributed by atoms with Crippen molar-refractivity contribution in [2.75, 3.05) is 31.7 Å². The molecule has 0 saturated carbocycles. The molecule has 0 radical (unpaired) electrons. The molecule has 3 aromatic carbocycles. The number of piperidine rings is 1. The van der Waals surface area contributed by atoms with E-state index in [1.54, 1.807) is 18.9 Å². The molecule has 2 atom stereocenters. The third-order valence-corrected chi connectivity index (χ3v) is 6.80. The Morgan fingerprint density at radius 1 is 0.947 bits per heavy atom. The maximum Gasteiger partial charge on any atom is 0.410 e. The largest absolute Gasteiger partial charge is 0.462 e. The Bertz CT molecular complexity index is 1200. The highest BCUT2D eigenvalue weighted by Gasteiger charge is 2.37. The van der Waals surface area contributed by atoms with Gasteiger partial charge in [-0.2, -0.15) is 0 Å². The highest BCUT2D eigenvalue weighted by atomic mass is 16.6. The van der Waals surface area contributed by atoms with Crippen molar-refractivity contribution in [1.29, 1.82) is 0 Å². The number of amides is 1. The number of benzene rings is 3. The SMILES string of the molecule is CCOC(=O)c1cc(C)cc(N2CC[C@@H](N(Cc3ccccc3)C(=O)OCc3ccccc3)[C@@H](OC)C2)c1. The van der Waals surface area contributed by atoms with E-state index in [-0.39, 0.29) is 30.8 Å². The van der Waals surface area contributed by atoms with Crippen molar-refractivity contribution in [1.82, 2.24) is 4.90 Å². The molecule has 1 aliphatic heterocycles. The van der Waals surface area contributed by atoms with Crippen LogP contribution >= 0.6 is 0 Å². The second kappa shape index (κ2) is 13.1. The predicted octanol–water partition coefficient (Wildman–Crippen LogP) is 5.60. The number of carbonyl (C=O) groups excluding carboxylic acids is 2. The van der Waals surface area contributed by atoms with Gasteiger partial charge in [0.1, 0.15) is 6.61 Å². The van der Waals surface area contributed by atoms with Gasteiger partial charge in [-0.15, -0.1) is 0 Å². The zero-order chi connectivity index (χ0) is 26.9. The molecule has 7 nitrogen and oxygen atoms in total. The van der Waals surface area contributed by atoms with Crippen molar-refractivity contribution in [2.45, 2.75) is 45.6 Å². The van der Waals surface area contributed by atoms with Crippen LogP contribution in [0.5, 0.6) is 0 Å². The number of ether oxygens (including phenoxy) is 3. The minimum atomic E-state index is -0.363. The van der Waals surface area contributed by atoms with Crippen LogP contribution < -0.4 is 4.90 Å². The number of rotatable bonds is 9. The van der Waals surface area contributed by atoms with Crippen molar-refractivity contribution < 1.29 is 23.8 Å². The number of methoxy groups -OCH3 is 1. The minimum Gasteiger partial charge on any atom is -0.462 e. The fraction of sp³-hybridized carbons (Fsp3) is 0.355. The second-order valence-electron chi connectivity index (χ2n) is 9.51. The van der Waals surface area contributed by atoms with Gasteiger partial charge in [0.2, 0.25) is 0 Å². The van der Waals surface area contributed by atoms with E-state index in [4.69, 9.17) is 14.2 Å². The first-order chi connectivity index (χ1) is 18.5. The molecule has 200 valence electrons. The summed E-state index contributed by atoms with van der Waals surface area (Å²) in [6.45, 7) is 6.01. The Labute approximate surface area is 224 Å². The molecule has 3 aromatic rings. The van der Waals surface area contributed by atoms with Crippen LogP contribution in [-0.4, -0.2) is 55.9 Å². The molecule has 0 aromatic heterocycles. The van der Waals surface area contributed by atoms with E-state index >= 15 is 0 Å². The van der Waals surface area contributed by atoms with Gasteiger partial charge < -0.3 is 19.1 Å². The van der Waals surface area contributed by atoms with Crippen LogP contribution in [0, 0.1) is 6.92 Å². The van der Waals surface area contributed by atoms with Crippen LogP contribution in [0.1, 0.15) is 40.4 Å². The Balaban J connectivity index is 1.53. The van der Waals surface area contributed by atoms with Crippen LogP contribution in [0.3, 0.4) is 0 Å². The second-order valence-corrected chi connectivity index (χ2v) is 9.51. The lowest BCUT2D eigenvalue weighted by Gasteiger charge is -2.43. The van der Waals surface area contributed by atoms with Crippen molar-refractivity contribution in [3.05, 3.63) is 101 Å². The number of anilines is 1. The van der Waals surface area contributed by atoms with E-state index in [0.717, 1.165) is 22.4 Å². The summed E-state index contributed by atoms with van der Waals surface area (Å²) in [7, 11) is 1.68. The summed E-state index contributed by atoms with van der Waals surface area (Å²) in [5, 5.41) is 0. The lowest BCUT2D eigenvalue weighted by atomic mass is 9.98. The molecule has 38 heavy (non-hydrogen) atoms. The molecule has 0 unspecified atom stereocenters. The average molecular weight is 517 g/mol. The van der Waals surface area contributed by atoms with Crippen LogP contribution in [0.4, 0.5) is 10.5 Å². The normalized spacial score (nSPS) is 17.1. The predicted molar refractivity (Wildman–Crippen MR) is 147 cm³/mol.